The average molecular weight is 338 g/mol. The topological polar surface area (TPSA) is 78.0 Å². The van der Waals surface area contributed by atoms with Gasteiger partial charge in [0, 0.05) is 38.7 Å². The molecule has 1 atom stereocenters. The number of carbonyl (C=O) groups excluding carboxylic acids is 1. The average Bonchev–Trinajstić information content (AvgIpc) is 3.07. The van der Waals surface area contributed by atoms with Crippen LogP contribution in [-0.4, -0.2) is 52.0 Å². The number of hydrogen-bond acceptors (Lipinski definition) is 5. The molecule has 130 valence electrons. The molecule has 0 aromatic carbocycles. The number of amides is 1. The molecular formula is C18H22N6O. The van der Waals surface area contributed by atoms with Crippen LogP contribution in [0.1, 0.15) is 30.3 Å². The van der Waals surface area contributed by atoms with E-state index < -0.39 is 0 Å². The summed E-state index contributed by atoms with van der Waals surface area (Å²) in [6.07, 6.45) is 7.37. The number of aromatic nitrogens is 3. The van der Waals surface area contributed by atoms with Crippen LogP contribution in [0, 0.1) is 18.3 Å². The number of likely N-dealkylation sites (tertiary alicyclic amines) is 1. The van der Waals surface area contributed by atoms with Crippen LogP contribution in [0.3, 0.4) is 0 Å². The summed E-state index contributed by atoms with van der Waals surface area (Å²) in [5.74, 6) is 1.76. The smallest absolute Gasteiger partial charge is 0.242 e. The molecule has 0 radical (unpaired) electrons. The molecule has 1 fully saturated rings. The highest BCUT2D eigenvalue weighted by Gasteiger charge is 2.26. The molecule has 7 heteroatoms. The van der Waals surface area contributed by atoms with Crippen LogP contribution in [0.15, 0.2) is 30.7 Å². The lowest BCUT2D eigenvalue weighted by Gasteiger charge is -2.35. The highest BCUT2D eigenvalue weighted by molar-refractivity contribution is 5.81. The Hall–Kier alpha value is -2.88. The first-order valence-corrected chi connectivity index (χ1v) is 8.43. The van der Waals surface area contributed by atoms with E-state index in [2.05, 4.69) is 14.5 Å². The Bertz CT molecular complexity index is 776. The molecular weight excluding hydrogens is 316 g/mol. The molecule has 0 aliphatic carbocycles. The van der Waals surface area contributed by atoms with Crippen molar-refractivity contribution in [2.45, 2.75) is 25.8 Å². The van der Waals surface area contributed by atoms with Crippen molar-refractivity contribution < 1.29 is 4.79 Å². The van der Waals surface area contributed by atoms with Crippen molar-refractivity contribution in [1.82, 2.24) is 19.4 Å². The Morgan fingerprint density at radius 2 is 2.28 bits per heavy atom. The number of pyridine rings is 1. The maximum atomic E-state index is 12.7. The van der Waals surface area contributed by atoms with Gasteiger partial charge in [0.2, 0.25) is 5.91 Å². The molecule has 0 saturated carbocycles. The normalized spacial score (nSPS) is 17.2. The minimum absolute atomic E-state index is 0.0936. The van der Waals surface area contributed by atoms with Crippen LogP contribution in [0.4, 0.5) is 5.82 Å². The summed E-state index contributed by atoms with van der Waals surface area (Å²) in [7, 11) is 1.84. The summed E-state index contributed by atoms with van der Waals surface area (Å²) in [5.41, 5.74) is 0.512. The van der Waals surface area contributed by atoms with E-state index in [1.165, 1.54) is 6.20 Å². The lowest BCUT2D eigenvalue weighted by atomic mass is 10.1. The molecule has 3 heterocycles. The van der Waals surface area contributed by atoms with Crippen LogP contribution < -0.4 is 4.90 Å². The van der Waals surface area contributed by atoms with Gasteiger partial charge < -0.3 is 14.4 Å². The van der Waals surface area contributed by atoms with E-state index in [9.17, 15) is 4.79 Å². The zero-order valence-electron chi connectivity index (χ0n) is 14.6. The SMILES string of the molecule is Cc1nccn1[C@H]1CCCN(C(=O)CN(C)c2ccc(C#N)cn2)C1. The zero-order chi connectivity index (χ0) is 17.8. The second-order valence-electron chi connectivity index (χ2n) is 6.39. The summed E-state index contributed by atoms with van der Waals surface area (Å²) in [6, 6.07) is 5.81. The zero-order valence-corrected chi connectivity index (χ0v) is 14.6. The fourth-order valence-corrected chi connectivity index (χ4v) is 3.24. The predicted molar refractivity (Wildman–Crippen MR) is 94.0 cm³/mol. The van der Waals surface area contributed by atoms with Crippen molar-refractivity contribution in [3.05, 3.63) is 42.1 Å². The summed E-state index contributed by atoms with van der Waals surface area (Å²) in [6.45, 7) is 3.77. The molecule has 3 rings (SSSR count). The van der Waals surface area contributed by atoms with Crippen molar-refractivity contribution >= 4 is 11.7 Å². The number of rotatable bonds is 4. The van der Waals surface area contributed by atoms with Gasteiger partial charge in [0.05, 0.1) is 18.2 Å². The van der Waals surface area contributed by atoms with Crippen LogP contribution in [0.2, 0.25) is 0 Å². The Morgan fingerprint density at radius 1 is 1.44 bits per heavy atom. The van der Waals surface area contributed by atoms with Crippen molar-refractivity contribution in [1.29, 1.82) is 5.26 Å². The molecule has 2 aromatic heterocycles. The van der Waals surface area contributed by atoms with Crippen LogP contribution in [-0.2, 0) is 4.79 Å². The minimum Gasteiger partial charge on any atom is -0.350 e. The first kappa shape index (κ1) is 17.0. The van der Waals surface area contributed by atoms with E-state index in [1.54, 1.807) is 18.3 Å². The van der Waals surface area contributed by atoms with Crippen molar-refractivity contribution in [2.24, 2.45) is 0 Å². The van der Waals surface area contributed by atoms with Gasteiger partial charge in [-0.15, -0.1) is 0 Å². The van der Waals surface area contributed by atoms with Gasteiger partial charge in [0.1, 0.15) is 17.7 Å². The standard InChI is InChI=1S/C18H22N6O/c1-14-20-7-9-24(14)16-4-3-8-23(12-16)18(25)13-22(2)17-6-5-15(10-19)11-21-17/h5-7,9,11,16H,3-4,8,12-13H2,1-2H3/t16-/m0/s1. The highest BCUT2D eigenvalue weighted by Crippen LogP contribution is 2.23. The maximum Gasteiger partial charge on any atom is 0.242 e. The third-order valence-electron chi connectivity index (χ3n) is 4.65. The molecule has 0 bridgehead atoms. The number of piperidine rings is 1. The molecule has 0 unspecified atom stereocenters. The monoisotopic (exact) mass is 338 g/mol. The predicted octanol–water partition coefficient (Wildman–Crippen LogP) is 1.76. The third kappa shape index (κ3) is 3.79. The van der Waals surface area contributed by atoms with E-state index >= 15 is 0 Å². The summed E-state index contributed by atoms with van der Waals surface area (Å²) in [5, 5.41) is 8.83. The number of nitrogens with zero attached hydrogens (tertiary/aromatic N) is 6. The van der Waals surface area contributed by atoms with Crippen molar-refractivity contribution in [3.63, 3.8) is 0 Å². The number of hydrogen-bond donors (Lipinski definition) is 0. The van der Waals surface area contributed by atoms with Crippen LogP contribution >= 0.6 is 0 Å². The Labute approximate surface area is 147 Å². The van der Waals surface area contributed by atoms with Gasteiger partial charge >= 0.3 is 0 Å². The highest BCUT2D eigenvalue weighted by atomic mass is 16.2. The van der Waals surface area contributed by atoms with Gasteiger partial charge in [-0.25, -0.2) is 9.97 Å². The van der Waals surface area contributed by atoms with Crippen LogP contribution in [0.25, 0.3) is 0 Å². The lowest BCUT2D eigenvalue weighted by molar-refractivity contribution is -0.131. The van der Waals surface area contributed by atoms with Crippen LogP contribution in [0.5, 0.6) is 0 Å². The second-order valence-corrected chi connectivity index (χ2v) is 6.39. The molecule has 2 aromatic rings. The van der Waals surface area contributed by atoms with E-state index in [-0.39, 0.29) is 12.5 Å². The first-order chi connectivity index (χ1) is 12.1. The molecule has 0 N–H and O–H groups in total. The largest absolute Gasteiger partial charge is 0.350 e. The quantitative estimate of drug-likeness (QED) is 0.849. The number of imidazole rings is 1. The van der Waals surface area contributed by atoms with E-state index in [4.69, 9.17) is 5.26 Å². The Kier molecular flexibility index (Phi) is 4.98. The summed E-state index contributed by atoms with van der Waals surface area (Å²) >= 11 is 0. The molecule has 0 spiro atoms. The van der Waals surface area contributed by atoms with Gasteiger partial charge in [-0.05, 0) is 31.9 Å². The molecule has 1 saturated heterocycles. The minimum atomic E-state index is 0.0936. The van der Waals surface area contributed by atoms with E-state index in [0.717, 1.165) is 25.2 Å². The lowest BCUT2D eigenvalue weighted by Crippen LogP contribution is -2.45. The first-order valence-electron chi connectivity index (χ1n) is 8.43. The third-order valence-corrected chi connectivity index (χ3v) is 4.65. The van der Waals surface area contributed by atoms with E-state index in [1.807, 2.05) is 36.0 Å². The fourth-order valence-electron chi connectivity index (χ4n) is 3.24. The molecule has 25 heavy (non-hydrogen) atoms. The van der Waals surface area contributed by atoms with Crippen molar-refractivity contribution in [2.75, 3.05) is 31.6 Å². The Balaban J connectivity index is 1.62. The maximum absolute atomic E-state index is 12.7. The number of anilines is 1. The fraction of sp³-hybridized carbons (Fsp3) is 0.444. The van der Waals surface area contributed by atoms with E-state index in [0.29, 0.717) is 24.0 Å². The van der Waals surface area contributed by atoms with Gasteiger partial charge in [-0.2, -0.15) is 5.26 Å². The molecule has 1 aliphatic rings. The summed E-state index contributed by atoms with van der Waals surface area (Å²) < 4.78 is 2.16. The summed E-state index contributed by atoms with van der Waals surface area (Å²) in [4.78, 5) is 24.9. The number of carbonyl (C=O) groups is 1. The number of nitriles is 1. The van der Waals surface area contributed by atoms with Gasteiger partial charge in [-0.1, -0.05) is 0 Å². The molecule has 7 nitrogen and oxygen atoms in total. The molecule has 1 aliphatic heterocycles. The van der Waals surface area contributed by atoms with Gasteiger partial charge in [0.25, 0.3) is 0 Å². The number of likely N-dealkylation sites (N-methyl/N-ethyl adjacent to an activating group) is 1. The second kappa shape index (κ2) is 7.34. The molecule has 1 amide bonds. The van der Waals surface area contributed by atoms with Gasteiger partial charge in [0.15, 0.2) is 0 Å². The van der Waals surface area contributed by atoms with Crippen molar-refractivity contribution in [3.8, 4) is 6.07 Å². The van der Waals surface area contributed by atoms with Gasteiger partial charge in [-0.3, -0.25) is 4.79 Å². The Morgan fingerprint density at radius 3 is 2.92 bits per heavy atom. The number of aryl methyl sites for hydroxylation is 1.